The van der Waals surface area contributed by atoms with Crippen molar-refractivity contribution < 1.29 is 18.7 Å². The number of carbonyl (C=O) groups is 1. The highest BCUT2D eigenvalue weighted by molar-refractivity contribution is 5.96. The van der Waals surface area contributed by atoms with Gasteiger partial charge in [0.25, 0.3) is 11.8 Å². The molecular formula is C11H14F2N2O2. The molecule has 94 valence electrons. The third-order valence-corrected chi connectivity index (χ3v) is 2.23. The van der Waals surface area contributed by atoms with Crippen molar-refractivity contribution in [2.45, 2.75) is 12.8 Å². The fourth-order valence-electron chi connectivity index (χ4n) is 1.30. The molecule has 1 amide bonds. The Morgan fingerprint density at radius 2 is 2.18 bits per heavy atom. The Morgan fingerprint density at radius 3 is 2.71 bits per heavy atom. The number of hydrogen-bond acceptors (Lipinski definition) is 3. The standard InChI is InChI=1S/C11H14F2N2O2/c1-7-4-8(14)2-3-9(7)10(17)15-5-11(12,13)6-16/h2-4,16H,5-6,14H2,1H3,(H,15,17). The number of amides is 1. The van der Waals surface area contributed by atoms with Crippen molar-refractivity contribution in [1.82, 2.24) is 5.32 Å². The number of rotatable bonds is 4. The molecule has 0 heterocycles. The summed E-state index contributed by atoms with van der Waals surface area (Å²) in [4.78, 5) is 11.6. The van der Waals surface area contributed by atoms with Gasteiger partial charge in [0, 0.05) is 11.3 Å². The first kappa shape index (κ1) is 13.4. The smallest absolute Gasteiger partial charge is 0.287 e. The Morgan fingerprint density at radius 1 is 1.53 bits per heavy atom. The van der Waals surface area contributed by atoms with Crippen LogP contribution in [0.25, 0.3) is 0 Å². The molecule has 0 bridgehead atoms. The molecule has 6 heteroatoms. The Balaban J connectivity index is 2.71. The van der Waals surface area contributed by atoms with Gasteiger partial charge in [0.2, 0.25) is 0 Å². The van der Waals surface area contributed by atoms with Gasteiger partial charge in [-0.3, -0.25) is 4.79 Å². The molecule has 17 heavy (non-hydrogen) atoms. The van der Waals surface area contributed by atoms with E-state index in [2.05, 4.69) is 5.32 Å². The molecule has 0 spiro atoms. The minimum absolute atomic E-state index is 0.285. The van der Waals surface area contributed by atoms with Crippen molar-refractivity contribution in [3.8, 4) is 0 Å². The molecule has 0 saturated heterocycles. The normalized spacial score (nSPS) is 11.3. The number of anilines is 1. The molecule has 0 fully saturated rings. The van der Waals surface area contributed by atoms with Gasteiger partial charge in [-0.1, -0.05) is 0 Å². The first-order valence-corrected chi connectivity index (χ1v) is 4.99. The molecule has 0 radical (unpaired) electrons. The lowest BCUT2D eigenvalue weighted by molar-refractivity contribution is -0.0462. The fraction of sp³-hybridized carbons (Fsp3) is 0.364. The van der Waals surface area contributed by atoms with Crippen LogP contribution in [0.1, 0.15) is 15.9 Å². The maximum atomic E-state index is 12.7. The monoisotopic (exact) mass is 244 g/mol. The van der Waals surface area contributed by atoms with Gasteiger partial charge in [0.05, 0.1) is 6.54 Å². The molecule has 0 unspecified atom stereocenters. The summed E-state index contributed by atoms with van der Waals surface area (Å²) in [6.07, 6.45) is 0. The molecule has 0 aliphatic heterocycles. The van der Waals surface area contributed by atoms with Gasteiger partial charge in [0.15, 0.2) is 0 Å². The van der Waals surface area contributed by atoms with Crippen molar-refractivity contribution in [2.75, 3.05) is 18.9 Å². The van der Waals surface area contributed by atoms with Gasteiger partial charge >= 0.3 is 0 Å². The zero-order valence-electron chi connectivity index (χ0n) is 9.34. The van der Waals surface area contributed by atoms with Crippen molar-refractivity contribution in [3.63, 3.8) is 0 Å². The summed E-state index contributed by atoms with van der Waals surface area (Å²) >= 11 is 0. The number of nitrogens with one attached hydrogen (secondary N) is 1. The van der Waals surface area contributed by atoms with Gasteiger partial charge in [0.1, 0.15) is 6.61 Å². The topological polar surface area (TPSA) is 75.4 Å². The van der Waals surface area contributed by atoms with Crippen LogP contribution >= 0.6 is 0 Å². The first-order chi connectivity index (χ1) is 7.85. The molecule has 0 aliphatic rings. The summed E-state index contributed by atoms with van der Waals surface area (Å²) in [5, 5.41) is 10.4. The maximum Gasteiger partial charge on any atom is 0.287 e. The summed E-state index contributed by atoms with van der Waals surface area (Å²) in [5.74, 6) is -3.92. The van der Waals surface area contributed by atoms with Crippen LogP contribution in [0.3, 0.4) is 0 Å². The van der Waals surface area contributed by atoms with Crippen molar-refractivity contribution in [3.05, 3.63) is 29.3 Å². The van der Waals surface area contributed by atoms with Crippen molar-refractivity contribution in [1.29, 1.82) is 0 Å². The quantitative estimate of drug-likeness (QED) is 0.690. The molecule has 0 atom stereocenters. The molecule has 4 N–H and O–H groups in total. The predicted molar refractivity (Wildman–Crippen MR) is 60.0 cm³/mol. The average molecular weight is 244 g/mol. The highest BCUT2D eigenvalue weighted by Gasteiger charge is 2.28. The number of benzene rings is 1. The minimum atomic E-state index is -3.31. The van der Waals surface area contributed by atoms with Gasteiger partial charge in [-0.15, -0.1) is 0 Å². The largest absolute Gasteiger partial charge is 0.399 e. The van der Waals surface area contributed by atoms with E-state index in [1.165, 1.54) is 12.1 Å². The average Bonchev–Trinajstić information content (AvgIpc) is 2.26. The van der Waals surface area contributed by atoms with Crippen LogP contribution in [0.4, 0.5) is 14.5 Å². The Kier molecular flexibility index (Phi) is 4.01. The molecule has 1 rings (SSSR count). The zero-order valence-corrected chi connectivity index (χ0v) is 9.34. The summed E-state index contributed by atoms with van der Waals surface area (Å²) < 4.78 is 25.4. The van der Waals surface area contributed by atoms with E-state index in [1.54, 1.807) is 13.0 Å². The molecule has 0 aromatic heterocycles. The molecule has 1 aromatic rings. The van der Waals surface area contributed by atoms with Gasteiger partial charge in [-0.05, 0) is 30.7 Å². The van der Waals surface area contributed by atoms with Crippen molar-refractivity contribution >= 4 is 11.6 Å². The number of nitrogen functional groups attached to an aromatic ring is 1. The second-order valence-corrected chi connectivity index (χ2v) is 3.77. The molecule has 0 aliphatic carbocycles. The maximum absolute atomic E-state index is 12.7. The molecule has 4 nitrogen and oxygen atoms in total. The number of hydrogen-bond donors (Lipinski definition) is 3. The Labute approximate surface area is 97.4 Å². The number of carbonyl (C=O) groups excluding carboxylic acids is 1. The summed E-state index contributed by atoms with van der Waals surface area (Å²) in [5.41, 5.74) is 6.90. The lowest BCUT2D eigenvalue weighted by Gasteiger charge is -2.14. The lowest BCUT2D eigenvalue weighted by Crippen LogP contribution is -2.39. The molecule has 1 aromatic carbocycles. The van der Waals surface area contributed by atoms with E-state index in [4.69, 9.17) is 10.8 Å². The molecular weight excluding hydrogens is 230 g/mol. The van der Waals surface area contributed by atoms with Crippen LogP contribution in [-0.4, -0.2) is 30.1 Å². The van der Waals surface area contributed by atoms with E-state index >= 15 is 0 Å². The number of alkyl halides is 2. The Hall–Kier alpha value is -1.69. The van der Waals surface area contributed by atoms with E-state index in [0.717, 1.165) is 0 Å². The van der Waals surface area contributed by atoms with E-state index in [9.17, 15) is 13.6 Å². The number of nitrogens with two attached hydrogens (primary N) is 1. The highest BCUT2D eigenvalue weighted by atomic mass is 19.3. The van der Waals surface area contributed by atoms with E-state index in [1.807, 2.05) is 0 Å². The van der Waals surface area contributed by atoms with E-state index in [0.29, 0.717) is 11.3 Å². The number of aliphatic hydroxyl groups is 1. The van der Waals surface area contributed by atoms with E-state index < -0.39 is 25.0 Å². The van der Waals surface area contributed by atoms with Crippen LogP contribution in [-0.2, 0) is 0 Å². The zero-order chi connectivity index (χ0) is 13.1. The van der Waals surface area contributed by atoms with Crippen LogP contribution in [0, 0.1) is 6.92 Å². The first-order valence-electron chi connectivity index (χ1n) is 4.99. The summed E-state index contributed by atoms with van der Waals surface area (Å²) in [6.45, 7) is -0.532. The summed E-state index contributed by atoms with van der Waals surface area (Å²) in [6, 6.07) is 4.57. The van der Waals surface area contributed by atoms with Crippen LogP contribution in [0.5, 0.6) is 0 Å². The highest BCUT2D eigenvalue weighted by Crippen LogP contribution is 2.14. The summed E-state index contributed by atoms with van der Waals surface area (Å²) in [7, 11) is 0. The lowest BCUT2D eigenvalue weighted by atomic mass is 10.1. The van der Waals surface area contributed by atoms with Crippen LogP contribution in [0.2, 0.25) is 0 Å². The molecule has 0 saturated carbocycles. The third kappa shape index (κ3) is 3.67. The van der Waals surface area contributed by atoms with Gasteiger partial charge in [-0.25, -0.2) is 8.78 Å². The van der Waals surface area contributed by atoms with Crippen LogP contribution in [0.15, 0.2) is 18.2 Å². The third-order valence-electron chi connectivity index (χ3n) is 2.23. The SMILES string of the molecule is Cc1cc(N)ccc1C(=O)NCC(F)(F)CO. The predicted octanol–water partition coefficient (Wildman–Crippen LogP) is 0.935. The number of aliphatic hydroxyl groups excluding tert-OH is 1. The number of halogens is 2. The minimum Gasteiger partial charge on any atom is -0.399 e. The fourth-order valence-corrected chi connectivity index (χ4v) is 1.30. The van der Waals surface area contributed by atoms with Gasteiger partial charge in [-0.2, -0.15) is 0 Å². The second-order valence-electron chi connectivity index (χ2n) is 3.77. The number of aryl methyl sites for hydroxylation is 1. The second kappa shape index (κ2) is 5.09. The van der Waals surface area contributed by atoms with E-state index in [-0.39, 0.29) is 5.56 Å². The van der Waals surface area contributed by atoms with Gasteiger partial charge < -0.3 is 16.2 Å². The van der Waals surface area contributed by atoms with Crippen LogP contribution < -0.4 is 11.1 Å². The Bertz CT molecular complexity index is 422. The van der Waals surface area contributed by atoms with Crippen molar-refractivity contribution in [2.24, 2.45) is 0 Å².